The number of para-hydroxylation sites is 1. The van der Waals surface area contributed by atoms with Crippen molar-refractivity contribution in [1.29, 1.82) is 0 Å². The molecular formula is C24H29N5O. The number of nitrogens with zero attached hydrogens (tertiary/aromatic N) is 4. The predicted octanol–water partition coefficient (Wildman–Crippen LogP) is 3.34. The molecule has 0 radical (unpaired) electrons. The van der Waals surface area contributed by atoms with Crippen LogP contribution < -0.4 is 5.32 Å². The minimum atomic E-state index is -0.0100. The fourth-order valence-corrected chi connectivity index (χ4v) is 3.77. The van der Waals surface area contributed by atoms with Gasteiger partial charge in [0, 0.05) is 37.8 Å². The first kappa shape index (κ1) is 20.3. The van der Waals surface area contributed by atoms with Crippen LogP contribution in [0.25, 0.3) is 16.9 Å². The van der Waals surface area contributed by atoms with Gasteiger partial charge in [-0.2, -0.15) is 5.10 Å². The van der Waals surface area contributed by atoms with E-state index in [-0.39, 0.29) is 5.91 Å². The number of hydrogen-bond donors (Lipinski definition) is 1. The summed E-state index contributed by atoms with van der Waals surface area (Å²) in [4.78, 5) is 17.3. The molecule has 1 fully saturated rings. The van der Waals surface area contributed by atoms with Gasteiger partial charge in [-0.3, -0.25) is 9.69 Å². The van der Waals surface area contributed by atoms with Gasteiger partial charge in [-0.15, -0.1) is 0 Å². The van der Waals surface area contributed by atoms with Crippen LogP contribution >= 0.6 is 0 Å². The van der Waals surface area contributed by atoms with E-state index in [2.05, 4.69) is 54.2 Å². The van der Waals surface area contributed by atoms with Crippen molar-refractivity contribution in [3.05, 3.63) is 65.7 Å². The molecule has 156 valence electrons. The van der Waals surface area contributed by atoms with E-state index in [9.17, 15) is 4.79 Å². The molecule has 0 saturated carbocycles. The third-order valence-electron chi connectivity index (χ3n) is 5.61. The number of aryl methyl sites for hydroxylation is 2. The molecule has 30 heavy (non-hydrogen) atoms. The monoisotopic (exact) mass is 403 g/mol. The molecule has 0 atom stereocenters. The molecule has 4 rings (SSSR count). The van der Waals surface area contributed by atoms with Crippen molar-refractivity contribution in [2.45, 2.75) is 13.8 Å². The fourth-order valence-electron chi connectivity index (χ4n) is 3.77. The third kappa shape index (κ3) is 4.61. The quantitative estimate of drug-likeness (QED) is 0.710. The molecule has 3 aromatic rings. The summed E-state index contributed by atoms with van der Waals surface area (Å²) in [5, 5.41) is 7.94. The zero-order chi connectivity index (χ0) is 21.1. The van der Waals surface area contributed by atoms with Crippen LogP contribution in [0.4, 0.5) is 5.82 Å². The van der Waals surface area contributed by atoms with Crippen molar-refractivity contribution < 1.29 is 4.79 Å². The van der Waals surface area contributed by atoms with Crippen LogP contribution in [-0.2, 0) is 4.79 Å². The SMILES string of the molecule is Cc1ccc(C)c(-c2cc(NC(=O)CN3CCN(C)CC3)n(-c3ccccc3)n2)c1. The van der Waals surface area contributed by atoms with Crippen molar-refractivity contribution in [3.8, 4) is 16.9 Å². The average Bonchev–Trinajstić information content (AvgIpc) is 3.15. The van der Waals surface area contributed by atoms with E-state index in [1.807, 2.05) is 41.1 Å². The lowest BCUT2D eigenvalue weighted by Crippen LogP contribution is -2.47. The van der Waals surface area contributed by atoms with Crippen LogP contribution in [0.5, 0.6) is 0 Å². The number of piperazine rings is 1. The molecule has 6 nitrogen and oxygen atoms in total. The van der Waals surface area contributed by atoms with Gasteiger partial charge in [0.05, 0.1) is 17.9 Å². The number of carbonyl (C=O) groups excluding carboxylic acids is 1. The lowest BCUT2D eigenvalue weighted by atomic mass is 10.0. The molecule has 0 bridgehead atoms. The Morgan fingerprint density at radius 2 is 1.73 bits per heavy atom. The van der Waals surface area contributed by atoms with Crippen molar-refractivity contribution >= 4 is 11.7 Å². The second-order valence-corrected chi connectivity index (χ2v) is 8.11. The molecule has 0 spiro atoms. The Bertz CT molecular complexity index is 1020. The molecule has 1 aromatic heterocycles. The predicted molar refractivity (Wildman–Crippen MR) is 121 cm³/mol. The summed E-state index contributed by atoms with van der Waals surface area (Å²) < 4.78 is 1.82. The Hall–Kier alpha value is -2.96. The molecule has 2 aromatic carbocycles. The summed E-state index contributed by atoms with van der Waals surface area (Å²) in [6, 6.07) is 18.2. The van der Waals surface area contributed by atoms with Crippen LogP contribution in [0.3, 0.4) is 0 Å². The minimum Gasteiger partial charge on any atom is -0.309 e. The van der Waals surface area contributed by atoms with Gasteiger partial charge in [0.1, 0.15) is 5.82 Å². The molecule has 2 heterocycles. The summed E-state index contributed by atoms with van der Waals surface area (Å²) in [6.45, 7) is 8.37. The Balaban J connectivity index is 1.61. The van der Waals surface area contributed by atoms with Gasteiger partial charge < -0.3 is 10.2 Å². The highest BCUT2D eigenvalue weighted by molar-refractivity contribution is 5.92. The maximum atomic E-state index is 12.8. The number of anilines is 1. The smallest absolute Gasteiger partial charge is 0.239 e. The van der Waals surface area contributed by atoms with E-state index in [1.165, 1.54) is 5.56 Å². The molecule has 6 heteroatoms. The van der Waals surface area contributed by atoms with Crippen molar-refractivity contribution in [3.63, 3.8) is 0 Å². The van der Waals surface area contributed by atoms with Crippen LogP contribution in [0.2, 0.25) is 0 Å². The number of hydrogen-bond acceptors (Lipinski definition) is 4. The molecule has 1 N–H and O–H groups in total. The summed E-state index contributed by atoms with van der Waals surface area (Å²) in [5.41, 5.74) is 5.21. The molecule has 0 unspecified atom stereocenters. The van der Waals surface area contributed by atoms with E-state index < -0.39 is 0 Å². The third-order valence-corrected chi connectivity index (χ3v) is 5.61. The first-order valence-electron chi connectivity index (χ1n) is 10.4. The molecule has 1 amide bonds. The van der Waals surface area contributed by atoms with Gasteiger partial charge in [0.25, 0.3) is 0 Å². The first-order valence-corrected chi connectivity index (χ1v) is 10.4. The lowest BCUT2D eigenvalue weighted by Gasteiger charge is -2.31. The number of nitrogens with one attached hydrogen (secondary N) is 1. The minimum absolute atomic E-state index is 0.0100. The number of carbonyl (C=O) groups is 1. The van der Waals surface area contributed by atoms with Gasteiger partial charge in [0.15, 0.2) is 0 Å². The number of rotatable bonds is 5. The summed E-state index contributed by atoms with van der Waals surface area (Å²) in [5.74, 6) is 0.681. The fraction of sp³-hybridized carbons (Fsp3) is 0.333. The van der Waals surface area contributed by atoms with E-state index in [0.717, 1.165) is 48.7 Å². The summed E-state index contributed by atoms with van der Waals surface area (Å²) >= 11 is 0. The highest BCUT2D eigenvalue weighted by Gasteiger charge is 2.19. The van der Waals surface area contributed by atoms with Crippen LogP contribution in [0.15, 0.2) is 54.6 Å². The summed E-state index contributed by atoms with van der Waals surface area (Å²) in [6.07, 6.45) is 0. The summed E-state index contributed by atoms with van der Waals surface area (Å²) in [7, 11) is 2.12. The second-order valence-electron chi connectivity index (χ2n) is 8.11. The van der Waals surface area contributed by atoms with Crippen molar-refractivity contribution in [2.24, 2.45) is 0 Å². The normalized spacial score (nSPS) is 15.3. The standard InChI is InChI=1S/C24H29N5O/c1-18-9-10-19(2)21(15-18)22-16-23(29(26-22)20-7-5-4-6-8-20)25-24(30)17-28-13-11-27(3)12-14-28/h4-10,15-16H,11-14,17H2,1-3H3,(H,25,30). The van der Waals surface area contributed by atoms with E-state index in [4.69, 9.17) is 5.10 Å². The van der Waals surface area contributed by atoms with Crippen LogP contribution in [0, 0.1) is 13.8 Å². The maximum Gasteiger partial charge on any atom is 0.239 e. The number of benzene rings is 2. The topological polar surface area (TPSA) is 53.4 Å². The molecule has 1 saturated heterocycles. The number of aromatic nitrogens is 2. The second kappa shape index (κ2) is 8.81. The Morgan fingerprint density at radius 1 is 1.00 bits per heavy atom. The Labute approximate surface area is 178 Å². The van der Waals surface area contributed by atoms with Crippen molar-refractivity contribution in [1.82, 2.24) is 19.6 Å². The van der Waals surface area contributed by atoms with E-state index in [0.29, 0.717) is 12.4 Å². The van der Waals surface area contributed by atoms with Gasteiger partial charge >= 0.3 is 0 Å². The molecule has 0 aliphatic carbocycles. The number of amides is 1. The highest BCUT2D eigenvalue weighted by atomic mass is 16.2. The van der Waals surface area contributed by atoms with E-state index in [1.54, 1.807) is 0 Å². The Morgan fingerprint density at radius 3 is 2.47 bits per heavy atom. The van der Waals surface area contributed by atoms with Gasteiger partial charge in [-0.1, -0.05) is 35.9 Å². The first-order chi connectivity index (χ1) is 14.5. The molecule has 1 aliphatic rings. The van der Waals surface area contributed by atoms with Gasteiger partial charge in [-0.25, -0.2) is 4.68 Å². The van der Waals surface area contributed by atoms with Gasteiger partial charge in [-0.05, 0) is 44.7 Å². The van der Waals surface area contributed by atoms with Crippen LogP contribution in [-0.4, -0.2) is 65.3 Å². The maximum absolute atomic E-state index is 12.8. The highest BCUT2D eigenvalue weighted by Crippen LogP contribution is 2.28. The van der Waals surface area contributed by atoms with Crippen molar-refractivity contribution in [2.75, 3.05) is 45.1 Å². The lowest BCUT2D eigenvalue weighted by molar-refractivity contribution is -0.117. The largest absolute Gasteiger partial charge is 0.309 e. The zero-order valence-corrected chi connectivity index (χ0v) is 17.9. The van der Waals surface area contributed by atoms with E-state index >= 15 is 0 Å². The zero-order valence-electron chi connectivity index (χ0n) is 17.9. The van der Waals surface area contributed by atoms with Crippen LogP contribution in [0.1, 0.15) is 11.1 Å². The molecule has 1 aliphatic heterocycles. The Kier molecular flexibility index (Phi) is 5.97. The van der Waals surface area contributed by atoms with Gasteiger partial charge in [0.2, 0.25) is 5.91 Å². The molecular weight excluding hydrogens is 374 g/mol. The average molecular weight is 404 g/mol. The number of likely N-dealkylation sites (N-methyl/N-ethyl adjacent to an activating group) is 1.